The van der Waals surface area contributed by atoms with E-state index in [1.807, 2.05) is 42.6 Å². The van der Waals surface area contributed by atoms with Gasteiger partial charge in [0.25, 0.3) is 0 Å². The zero-order chi connectivity index (χ0) is 11.8. The summed E-state index contributed by atoms with van der Waals surface area (Å²) in [5.41, 5.74) is 1.85. The Bertz CT molecular complexity index is 571. The Hall–Kier alpha value is -1.61. The molecule has 1 atom stereocenters. The summed E-state index contributed by atoms with van der Waals surface area (Å²) in [4.78, 5) is 13.5. The van der Waals surface area contributed by atoms with Gasteiger partial charge in [-0.25, -0.2) is 0 Å². The van der Waals surface area contributed by atoms with Crippen molar-refractivity contribution in [3.63, 3.8) is 0 Å². The molecule has 0 radical (unpaired) electrons. The molecule has 0 N–H and O–H groups in total. The predicted molar refractivity (Wildman–Crippen MR) is 68.1 cm³/mol. The number of carbonyl (C=O) groups is 1. The molecule has 0 fully saturated rings. The molecule has 0 saturated heterocycles. The van der Waals surface area contributed by atoms with Gasteiger partial charge in [-0.3, -0.25) is 4.79 Å². The molecule has 2 heterocycles. The van der Waals surface area contributed by atoms with Crippen LogP contribution in [0.3, 0.4) is 0 Å². The molecule has 3 rings (SSSR count). The third kappa shape index (κ3) is 1.67. The maximum Gasteiger partial charge on any atom is 0.174 e. The number of hydrogen-bond donors (Lipinski definition) is 0. The summed E-state index contributed by atoms with van der Waals surface area (Å²) in [5, 5.41) is 1.96. The van der Waals surface area contributed by atoms with Gasteiger partial charge in [-0.05, 0) is 24.4 Å². The van der Waals surface area contributed by atoms with Gasteiger partial charge in [0.15, 0.2) is 5.78 Å². The van der Waals surface area contributed by atoms with Crippen LogP contribution < -0.4 is 4.74 Å². The summed E-state index contributed by atoms with van der Waals surface area (Å²) < 4.78 is 5.55. The Balaban J connectivity index is 1.98. The largest absolute Gasteiger partial charge is 0.492 e. The quantitative estimate of drug-likeness (QED) is 0.757. The van der Waals surface area contributed by atoms with Crippen molar-refractivity contribution in [2.75, 3.05) is 6.61 Å². The first kappa shape index (κ1) is 10.5. The van der Waals surface area contributed by atoms with Gasteiger partial charge in [0.2, 0.25) is 0 Å². The van der Waals surface area contributed by atoms with Gasteiger partial charge in [0.05, 0.1) is 5.92 Å². The molecule has 1 unspecified atom stereocenters. The second-order valence-corrected chi connectivity index (χ2v) is 5.28. The number of hydrogen-bond acceptors (Lipinski definition) is 3. The van der Waals surface area contributed by atoms with Crippen molar-refractivity contribution in [1.29, 1.82) is 0 Å². The van der Waals surface area contributed by atoms with Gasteiger partial charge in [0.1, 0.15) is 12.4 Å². The maximum atomic E-state index is 12.4. The molecule has 0 spiro atoms. The smallest absolute Gasteiger partial charge is 0.174 e. The standard InChI is InChI=1S/C14H12O2S/c1-9-10(6-7-17-9)14(15)12-8-16-13-5-3-2-4-11(12)13/h2-7,12H,8H2,1H3. The van der Waals surface area contributed by atoms with Crippen molar-refractivity contribution >= 4 is 17.1 Å². The Morgan fingerprint density at radius 1 is 1.35 bits per heavy atom. The van der Waals surface area contributed by atoms with E-state index in [1.54, 1.807) is 11.3 Å². The lowest BCUT2D eigenvalue weighted by Crippen LogP contribution is -2.14. The van der Waals surface area contributed by atoms with Crippen LogP contribution >= 0.6 is 11.3 Å². The molecular formula is C14H12O2S. The van der Waals surface area contributed by atoms with Crippen LogP contribution in [0, 0.1) is 6.92 Å². The monoisotopic (exact) mass is 244 g/mol. The van der Waals surface area contributed by atoms with E-state index in [2.05, 4.69) is 0 Å². The average Bonchev–Trinajstić information content (AvgIpc) is 2.94. The van der Waals surface area contributed by atoms with Crippen molar-refractivity contribution < 1.29 is 9.53 Å². The highest BCUT2D eigenvalue weighted by Crippen LogP contribution is 2.36. The number of aryl methyl sites for hydroxylation is 1. The maximum absolute atomic E-state index is 12.4. The average molecular weight is 244 g/mol. The van der Waals surface area contributed by atoms with Crippen LogP contribution in [0.5, 0.6) is 5.75 Å². The Labute approximate surface area is 104 Å². The number of ketones is 1. The molecule has 2 aromatic rings. The number of benzene rings is 1. The number of fused-ring (bicyclic) bond motifs is 1. The molecule has 0 bridgehead atoms. The molecule has 1 aliphatic rings. The minimum atomic E-state index is -0.139. The van der Waals surface area contributed by atoms with Gasteiger partial charge < -0.3 is 4.74 Å². The molecule has 0 amide bonds. The van der Waals surface area contributed by atoms with Crippen LogP contribution in [0.2, 0.25) is 0 Å². The number of ether oxygens (including phenoxy) is 1. The lowest BCUT2D eigenvalue weighted by molar-refractivity contribution is 0.0947. The van der Waals surface area contributed by atoms with Crippen molar-refractivity contribution in [3.05, 3.63) is 51.7 Å². The van der Waals surface area contributed by atoms with E-state index in [0.29, 0.717) is 6.61 Å². The third-order valence-corrected chi connectivity index (χ3v) is 3.99. The van der Waals surface area contributed by atoms with Crippen molar-refractivity contribution in [1.82, 2.24) is 0 Å². The second kappa shape index (κ2) is 4.00. The Kier molecular flexibility index (Phi) is 2.48. The van der Waals surface area contributed by atoms with Crippen molar-refractivity contribution in [3.8, 4) is 5.75 Å². The topological polar surface area (TPSA) is 26.3 Å². The minimum Gasteiger partial charge on any atom is -0.492 e. The molecule has 1 aromatic carbocycles. The molecule has 0 saturated carbocycles. The molecule has 86 valence electrons. The predicted octanol–water partition coefficient (Wildman–Crippen LogP) is 3.42. The number of rotatable bonds is 2. The number of para-hydroxylation sites is 1. The van der Waals surface area contributed by atoms with Gasteiger partial charge in [0, 0.05) is 16.0 Å². The van der Waals surface area contributed by atoms with E-state index >= 15 is 0 Å². The van der Waals surface area contributed by atoms with Gasteiger partial charge in [-0.2, -0.15) is 0 Å². The van der Waals surface area contributed by atoms with Crippen LogP contribution in [0.15, 0.2) is 35.7 Å². The first-order valence-electron chi connectivity index (χ1n) is 5.57. The van der Waals surface area contributed by atoms with Gasteiger partial charge in [-0.1, -0.05) is 18.2 Å². The minimum absolute atomic E-state index is 0.139. The second-order valence-electron chi connectivity index (χ2n) is 4.16. The van der Waals surface area contributed by atoms with E-state index in [1.165, 1.54) is 0 Å². The van der Waals surface area contributed by atoms with Crippen LogP contribution in [-0.2, 0) is 0 Å². The van der Waals surface area contributed by atoms with Gasteiger partial charge in [-0.15, -0.1) is 11.3 Å². The molecule has 3 heteroatoms. The van der Waals surface area contributed by atoms with Crippen LogP contribution in [-0.4, -0.2) is 12.4 Å². The lowest BCUT2D eigenvalue weighted by Gasteiger charge is -2.07. The summed E-state index contributed by atoms with van der Waals surface area (Å²) in [6.45, 7) is 2.45. The highest BCUT2D eigenvalue weighted by molar-refractivity contribution is 7.10. The van der Waals surface area contributed by atoms with E-state index in [4.69, 9.17) is 4.74 Å². The summed E-state index contributed by atoms with van der Waals surface area (Å²) >= 11 is 1.61. The molecular weight excluding hydrogens is 232 g/mol. The summed E-state index contributed by atoms with van der Waals surface area (Å²) in [6, 6.07) is 9.69. The summed E-state index contributed by atoms with van der Waals surface area (Å²) in [7, 11) is 0. The first-order chi connectivity index (χ1) is 8.27. The van der Waals surface area contributed by atoms with Crippen LogP contribution in [0.4, 0.5) is 0 Å². The molecule has 2 nitrogen and oxygen atoms in total. The molecule has 0 aliphatic carbocycles. The highest BCUT2D eigenvalue weighted by atomic mass is 32.1. The number of thiophene rings is 1. The highest BCUT2D eigenvalue weighted by Gasteiger charge is 2.31. The number of carbonyl (C=O) groups excluding carboxylic acids is 1. The third-order valence-electron chi connectivity index (χ3n) is 3.14. The molecule has 17 heavy (non-hydrogen) atoms. The lowest BCUT2D eigenvalue weighted by atomic mass is 9.93. The molecule has 1 aromatic heterocycles. The van der Waals surface area contributed by atoms with Crippen molar-refractivity contribution in [2.24, 2.45) is 0 Å². The zero-order valence-electron chi connectivity index (χ0n) is 9.47. The fraction of sp³-hybridized carbons (Fsp3) is 0.214. The number of Topliss-reactive ketones (excluding diaryl/α,β-unsaturated/α-hetero) is 1. The van der Waals surface area contributed by atoms with Gasteiger partial charge >= 0.3 is 0 Å². The Morgan fingerprint density at radius 2 is 2.18 bits per heavy atom. The fourth-order valence-corrected chi connectivity index (χ4v) is 2.91. The van der Waals surface area contributed by atoms with E-state index in [-0.39, 0.29) is 11.7 Å². The SMILES string of the molecule is Cc1sccc1C(=O)C1COc2ccccc21. The molecule has 1 aliphatic heterocycles. The summed E-state index contributed by atoms with van der Waals surface area (Å²) in [6.07, 6.45) is 0. The van der Waals surface area contributed by atoms with E-state index in [0.717, 1.165) is 21.8 Å². The first-order valence-corrected chi connectivity index (χ1v) is 6.45. The summed E-state index contributed by atoms with van der Waals surface area (Å²) in [5.74, 6) is 0.881. The van der Waals surface area contributed by atoms with E-state index in [9.17, 15) is 4.79 Å². The van der Waals surface area contributed by atoms with Crippen molar-refractivity contribution in [2.45, 2.75) is 12.8 Å². The fourth-order valence-electron chi connectivity index (χ4n) is 2.21. The van der Waals surface area contributed by atoms with Crippen LogP contribution in [0.1, 0.15) is 26.7 Å². The Morgan fingerprint density at radius 3 is 2.94 bits per heavy atom. The van der Waals surface area contributed by atoms with E-state index < -0.39 is 0 Å². The normalized spacial score (nSPS) is 17.6. The van der Waals surface area contributed by atoms with Crippen LogP contribution in [0.25, 0.3) is 0 Å². The zero-order valence-corrected chi connectivity index (χ0v) is 10.3.